The van der Waals surface area contributed by atoms with Crippen molar-refractivity contribution in [3.8, 4) is 17.2 Å². The molecule has 0 spiro atoms. The summed E-state index contributed by atoms with van der Waals surface area (Å²) in [6.07, 6.45) is 1.80. The number of para-hydroxylation sites is 1. The average Bonchev–Trinajstić information content (AvgIpc) is 3.39. The highest BCUT2D eigenvalue weighted by Crippen LogP contribution is 2.35. The zero-order valence-electron chi connectivity index (χ0n) is 26.0. The van der Waals surface area contributed by atoms with Gasteiger partial charge in [-0.1, -0.05) is 87.9 Å². The lowest BCUT2D eigenvalue weighted by atomic mass is 9.95. The van der Waals surface area contributed by atoms with Crippen LogP contribution in [0.2, 0.25) is 0 Å². The average molecular weight is 711 g/mol. The van der Waals surface area contributed by atoms with Gasteiger partial charge in [0, 0.05) is 10.2 Å². The van der Waals surface area contributed by atoms with Crippen LogP contribution in [0.1, 0.15) is 36.6 Å². The van der Waals surface area contributed by atoms with Gasteiger partial charge in [-0.2, -0.15) is 0 Å². The number of anilines is 1. The summed E-state index contributed by atoms with van der Waals surface area (Å²) in [6, 6.07) is 29.5. The van der Waals surface area contributed by atoms with Gasteiger partial charge in [0.25, 0.3) is 11.5 Å². The SMILES string of the molecule is CCOc1ccc([C@@H]2C(C(=O)Nc3ccccc3)=C(C)N=c3s/c(=C\c4cc(OC)c(OCc5ccccc5)cc4Br)c(=O)n32)cc1. The summed E-state index contributed by atoms with van der Waals surface area (Å²) in [7, 11) is 1.58. The van der Waals surface area contributed by atoms with Gasteiger partial charge in [-0.25, -0.2) is 4.99 Å². The van der Waals surface area contributed by atoms with Gasteiger partial charge in [0.2, 0.25) is 0 Å². The Morgan fingerprint density at radius 2 is 1.68 bits per heavy atom. The first-order valence-corrected chi connectivity index (χ1v) is 16.6. The number of benzene rings is 4. The van der Waals surface area contributed by atoms with Crippen molar-refractivity contribution in [3.05, 3.63) is 149 Å². The van der Waals surface area contributed by atoms with Gasteiger partial charge < -0.3 is 19.5 Å². The molecule has 0 fully saturated rings. The normalized spacial score (nSPS) is 14.3. The van der Waals surface area contributed by atoms with Crippen LogP contribution in [0.3, 0.4) is 0 Å². The highest BCUT2D eigenvalue weighted by atomic mass is 79.9. The molecular weight excluding hydrogens is 678 g/mol. The molecule has 5 aromatic rings. The van der Waals surface area contributed by atoms with E-state index in [0.29, 0.717) is 56.8 Å². The molecule has 1 aliphatic heterocycles. The lowest BCUT2D eigenvalue weighted by Crippen LogP contribution is -2.40. The van der Waals surface area contributed by atoms with Crippen LogP contribution in [-0.2, 0) is 11.4 Å². The molecule has 0 bridgehead atoms. The molecule has 10 heteroatoms. The van der Waals surface area contributed by atoms with Crippen LogP contribution in [0.4, 0.5) is 5.69 Å². The Kier molecular flexibility index (Phi) is 9.70. The minimum absolute atomic E-state index is 0.264. The molecule has 1 aromatic heterocycles. The topological polar surface area (TPSA) is 91.2 Å². The maximum atomic E-state index is 14.2. The number of hydrogen-bond acceptors (Lipinski definition) is 7. The number of ether oxygens (including phenoxy) is 3. The van der Waals surface area contributed by atoms with Crippen molar-refractivity contribution in [1.29, 1.82) is 0 Å². The molecular formula is C37H32BrN3O5S. The minimum atomic E-state index is -0.709. The van der Waals surface area contributed by atoms with E-state index in [4.69, 9.17) is 19.2 Å². The zero-order valence-corrected chi connectivity index (χ0v) is 28.4. The molecule has 8 nitrogen and oxygen atoms in total. The number of rotatable bonds is 10. The molecule has 47 heavy (non-hydrogen) atoms. The first-order chi connectivity index (χ1) is 22.9. The molecule has 1 N–H and O–H groups in total. The van der Waals surface area contributed by atoms with Gasteiger partial charge in [0.15, 0.2) is 16.3 Å². The number of methoxy groups -OCH3 is 1. The summed E-state index contributed by atoms with van der Waals surface area (Å²) in [6.45, 7) is 4.63. The molecule has 4 aromatic carbocycles. The van der Waals surface area contributed by atoms with E-state index in [0.717, 1.165) is 21.2 Å². The van der Waals surface area contributed by atoms with Crippen molar-refractivity contribution in [3.63, 3.8) is 0 Å². The highest BCUT2D eigenvalue weighted by molar-refractivity contribution is 9.10. The third-order valence-corrected chi connectivity index (χ3v) is 9.28. The third-order valence-electron chi connectivity index (χ3n) is 7.61. The van der Waals surface area contributed by atoms with Crippen molar-refractivity contribution in [2.75, 3.05) is 19.0 Å². The van der Waals surface area contributed by atoms with Crippen LogP contribution in [0.25, 0.3) is 6.08 Å². The molecule has 0 saturated carbocycles. The van der Waals surface area contributed by atoms with Crippen molar-refractivity contribution >= 4 is 44.9 Å². The number of nitrogens with zero attached hydrogens (tertiary/aromatic N) is 2. The Hall–Kier alpha value is -4.93. The smallest absolute Gasteiger partial charge is 0.271 e. The molecule has 0 aliphatic carbocycles. The maximum absolute atomic E-state index is 14.2. The number of amides is 1. The van der Waals surface area contributed by atoms with Crippen LogP contribution in [0.5, 0.6) is 17.2 Å². The minimum Gasteiger partial charge on any atom is -0.494 e. The maximum Gasteiger partial charge on any atom is 0.271 e. The Bertz CT molecular complexity index is 2130. The fourth-order valence-electron chi connectivity index (χ4n) is 5.37. The first kappa shape index (κ1) is 32.0. The fourth-order valence-corrected chi connectivity index (χ4v) is 6.84. The number of aromatic nitrogens is 1. The summed E-state index contributed by atoms with van der Waals surface area (Å²) >= 11 is 4.93. The second-order valence-electron chi connectivity index (χ2n) is 10.7. The van der Waals surface area contributed by atoms with E-state index < -0.39 is 6.04 Å². The number of thiazole rings is 1. The van der Waals surface area contributed by atoms with Crippen LogP contribution in [0, 0.1) is 0 Å². The number of allylic oxidation sites excluding steroid dienone is 1. The van der Waals surface area contributed by atoms with Crippen molar-refractivity contribution in [1.82, 2.24) is 4.57 Å². The zero-order chi connectivity index (χ0) is 32.9. The van der Waals surface area contributed by atoms with Crippen LogP contribution in [-0.4, -0.2) is 24.2 Å². The summed E-state index contributed by atoms with van der Waals surface area (Å²) < 4.78 is 20.2. The van der Waals surface area contributed by atoms with E-state index in [1.807, 2.05) is 104 Å². The molecule has 0 saturated heterocycles. The van der Waals surface area contributed by atoms with Gasteiger partial charge in [-0.15, -0.1) is 0 Å². The summed E-state index contributed by atoms with van der Waals surface area (Å²) in [4.78, 5) is 33.3. The molecule has 238 valence electrons. The summed E-state index contributed by atoms with van der Waals surface area (Å²) in [5.41, 5.74) is 3.83. The van der Waals surface area contributed by atoms with Crippen molar-refractivity contribution in [2.45, 2.75) is 26.5 Å². The third kappa shape index (κ3) is 6.94. The number of fused-ring (bicyclic) bond motifs is 1. The predicted octanol–water partition coefficient (Wildman–Crippen LogP) is 6.62. The second kappa shape index (κ2) is 14.2. The Morgan fingerprint density at radius 1 is 0.979 bits per heavy atom. The Balaban J connectivity index is 1.41. The largest absolute Gasteiger partial charge is 0.494 e. The number of carbonyl (C=O) groups is 1. The standard InChI is InChI=1S/C37H32BrN3O5S/c1-4-45-28-17-15-25(16-18-28)34-33(35(42)40-27-13-9-6-10-14-27)23(2)39-37-41(34)36(43)32(47-37)20-26-19-30(44-3)31(21-29(26)38)46-22-24-11-7-5-8-12-24/h5-21,34H,4,22H2,1-3H3,(H,40,42)/b32-20-/t34-/m1/s1. The van der Waals surface area contributed by atoms with E-state index >= 15 is 0 Å². The number of carbonyl (C=O) groups excluding carboxylic acids is 1. The number of halogens is 1. The molecule has 0 unspecified atom stereocenters. The number of nitrogens with one attached hydrogen (secondary N) is 1. The Labute approximate surface area is 284 Å². The van der Waals surface area contributed by atoms with Gasteiger partial charge in [-0.05, 0) is 73.0 Å². The number of hydrogen-bond donors (Lipinski definition) is 1. The van der Waals surface area contributed by atoms with Crippen molar-refractivity contribution < 1.29 is 19.0 Å². The lowest BCUT2D eigenvalue weighted by Gasteiger charge is -2.25. The van der Waals surface area contributed by atoms with Gasteiger partial charge in [-0.3, -0.25) is 14.2 Å². The summed E-state index contributed by atoms with van der Waals surface area (Å²) in [5.74, 6) is 1.48. The van der Waals surface area contributed by atoms with Crippen molar-refractivity contribution in [2.24, 2.45) is 4.99 Å². The second-order valence-corrected chi connectivity index (χ2v) is 12.6. The molecule has 1 atom stereocenters. The van der Waals surface area contributed by atoms with Crippen LogP contribution in [0.15, 0.2) is 123 Å². The van der Waals surface area contributed by atoms with Gasteiger partial charge in [0.05, 0.1) is 35.6 Å². The van der Waals surface area contributed by atoms with Crippen LogP contribution >= 0.6 is 27.3 Å². The van der Waals surface area contributed by atoms with E-state index in [9.17, 15) is 9.59 Å². The van der Waals surface area contributed by atoms with E-state index in [-0.39, 0.29) is 11.5 Å². The van der Waals surface area contributed by atoms with Gasteiger partial charge >= 0.3 is 0 Å². The summed E-state index contributed by atoms with van der Waals surface area (Å²) in [5, 5.41) is 2.98. The van der Waals surface area contributed by atoms with E-state index in [1.165, 1.54) is 11.3 Å². The highest BCUT2D eigenvalue weighted by Gasteiger charge is 2.32. The Morgan fingerprint density at radius 3 is 2.36 bits per heavy atom. The molecule has 6 rings (SSSR count). The molecule has 1 amide bonds. The van der Waals surface area contributed by atoms with Gasteiger partial charge in [0.1, 0.15) is 12.4 Å². The molecule has 2 heterocycles. The predicted molar refractivity (Wildman–Crippen MR) is 188 cm³/mol. The monoisotopic (exact) mass is 709 g/mol. The lowest BCUT2D eigenvalue weighted by molar-refractivity contribution is -0.113. The molecule has 1 aliphatic rings. The molecule has 0 radical (unpaired) electrons. The van der Waals surface area contributed by atoms with Crippen LogP contribution < -0.4 is 34.4 Å². The first-order valence-electron chi connectivity index (χ1n) is 15.0. The fraction of sp³-hybridized carbons (Fsp3) is 0.162. The van der Waals surface area contributed by atoms with E-state index in [1.54, 1.807) is 24.7 Å². The quantitative estimate of drug-likeness (QED) is 0.176. The van der Waals surface area contributed by atoms with E-state index in [2.05, 4.69) is 21.2 Å².